The summed E-state index contributed by atoms with van der Waals surface area (Å²) in [6.07, 6.45) is 0.0249. The third-order valence-electron chi connectivity index (χ3n) is 4.99. The lowest BCUT2D eigenvalue weighted by molar-refractivity contribution is -0.148. The second kappa shape index (κ2) is 9.92. The fourth-order valence-corrected chi connectivity index (χ4v) is 2.56. The van der Waals surface area contributed by atoms with Crippen LogP contribution in [0.25, 0.3) is 0 Å². The van der Waals surface area contributed by atoms with E-state index in [2.05, 4.69) is 16.5 Å². The van der Waals surface area contributed by atoms with Crippen LogP contribution in [0.2, 0.25) is 0 Å². The number of benzene rings is 1. The summed E-state index contributed by atoms with van der Waals surface area (Å²) in [5.74, 6) is 0.248. The summed E-state index contributed by atoms with van der Waals surface area (Å²) in [4.78, 5) is 24.0. The van der Waals surface area contributed by atoms with Gasteiger partial charge in [0.05, 0.1) is 23.7 Å². The van der Waals surface area contributed by atoms with Crippen LogP contribution in [0.15, 0.2) is 28.8 Å². The molecule has 160 valence electrons. The number of nitrogens with one attached hydrogen (secondary N) is 1. The van der Waals surface area contributed by atoms with Crippen LogP contribution in [0.3, 0.4) is 0 Å². The van der Waals surface area contributed by atoms with Gasteiger partial charge in [0.1, 0.15) is 23.7 Å². The zero-order valence-electron chi connectivity index (χ0n) is 17.9. The number of nitriles is 1. The quantitative estimate of drug-likeness (QED) is 0.628. The Kier molecular flexibility index (Phi) is 7.59. The van der Waals surface area contributed by atoms with Gasteiger partial charge in [-0.1, -0.05) is 31.1 Å². The highest BCUT2D eigenvalue weighted by Crippen LogP contribution is 2.18. The summed E-state index contributed by atoms with van der Waals surface area (Å²) in [6.45, 7) is 8.89. The molecule has 0 spiro atoms. The van der Waals surface area contributed by atoms with Crippen LogP contribution >= 0.6 is 0 Å². The number of hydrogen-bond donors (Lipinski definition) is 1. The van der Waals surface area contributed by atoms with Gasteiger partial charge < -0.3 is 19.3 Å². The summed E-state index contributed by atoms with van der Waals surface area (Å²) >= 11 is 0. The first-order chi connectivity index (χ1) is 14.1. The molecule has 0 unspecified atom stereocenters. The fourth-order valence-electron chi connectivity index (χ4n) is 2.56. The second-order valence-corrected chi connectivity index (χ2v) is 7.59. The van der Waals surface area contributed by atoms with Crippen LogP contribution in [-0.4, -0.2) is 29.2 Å². The maximum absolute atomic E-state index is 12.0. The summed E-state index contributed by atoms with van der Waals surface area (Å²) < 4.78 is 15.9. The normalized spacial score (nSPS) is 12.7. The first-order valence-electron chi connectivity index (χ1n) is 9.66. The number of hydrogen-bond acceptors (Lipinski definition) is 7. The summed E-state index contributed by atoms with van der Waals surface area (Å²) in [5, 5.41) is 15.7. The lowest BCUT2D eigenvalue weighted by atomic mass is 9.90. The van der Waals surface area contributed by atoms with Crippen molar-refractivity contribution in [2.24, 2.45) is 5.92 Å². The van der Waals surface area contributed by atoms with Gasteiger partial charge in [0.15, 0.2) is 6.61 Å². The number of aromatic nitrogens is 1. The molecule has 1 heterocycles. The molecule has 0 fully saturated rings. The van der Waals surface area contributed by atoms with Crippen LogP contribution < -0.4 is 10.1 Å². The number of carbonyl (C=O) groups is 2. The van der Waals surface area contributed by atoms with Crippen molar-refractivity contribution < 1.29 is 23.6 Å². The van der Waals surface area contributed by atoms with Gasteiger partial charge in [0.2, 0.25) is 0 Å². The molecule has 8 nitrogen and oxygen atoms in total. The third-order valence-corrected chi connectivity index (χ3v) is 4.99. The van der Waals surface area contributed by atoms with E-state index < -0.39 is 24.0 Å². The molecule has 1 aromatic heterocycles. The lowest BCUT2D eigenvalue weighted by Crippen LogP contribution is -2.50. The van der Waals surface area contributed by atoms with Gasteiger partial charge in [0, 0.05) is 0 Å². The van der Waals surface area contributed by atoms with E-state index >= 15 is 0 Å². The molecule has 0 saturated heterocycles. The molecular weight excluding hydrogens is 386 g/mol. The van der Waals surface area contributed by atoms with Gasteiger partial charge in [-0.15, -0.1) is 0 Å². The van der Waals surface area contributed by atoms with E-state index in [-0.39, 0.29) is 12.3 Å². The minimum atomic E-state index is -1.01. The number of nitrogens with zero attached hydrogens (tertiary/aromatic N) is 2. The fraction of sp³-hybridized carbons (Fsp3) is 0.455. The van der Waals surface area contributed by atoms with Gasteiger partial charge in [-0.2, -0.15) is 5.26 Å². The summed E-state index contributed by atoms with van der Waals surface area (Å²) in [6, 6.07) is 9.11. The highest BCUT2D eigenvalue weighted by molar-refractivity contribution is 5.82. The van der Waals surface area contributed by atoms with Gasteiger partial charge in [-0.3, -0.25) is 9.59 Å². The largest absolute Gasteiger partial charge is 0.489 e. The van der Waals surface area contributed by atoms with E-state index in [1.54, 1.807) is 31.2 Å². The maximum atomic E-state index is 12.0. The molecule has 2 rings (SSSR count). The monoisotopic (exact) mass is 413 g/mol. The average molecular weight is 413 g/mol. The third kappa shape index (κ3) is 6.08. The van der Waals surface area contributed by atoms with Crippen molar-refractivity contribution in [1.29, 1.82) is 5.26 Å². The molecule has 30 heavy (non-hydrogen) atoms. The van der Waals surface area contributed by atoms with Crippen molar-refractivity contribution in [3.8, 4) is 11.8 Å². The molecule has 1 N–H and O–H groups in total. The molecule has 0 radical (unpaired) electrons. The first-order valence-corrected chi connectivity index (χ1v) is 9.66. The molecule has 0 aliphatic rings. The summed E-state index contributed by atoms with van der Waals surface area (Å²) in [5.41, 5.74) is 1.42. The predicted molar refractivity (Wildman–Crippen MR) is 108 cm³/mol. The van der Waals surface area contributed by atoms with E-state index in [1.807, 2.05) is 27.7 Å². The maximum Gasteiger partial charge on any atom is 0.310 e. The highest BCUT2D eigenvalue weighted by Gasteiger charge is 2.30. The predicted octanol–water partition coefficient (Wildman–Crippen LogP) is 3.01. The number of esters is 1. The number of amides is 1. The van der Waals surface area contributed by atoms with E-state index in [1.165, 1.54) is 0 Å². The first kappa shape index (κ1) is 22.9. The van der Waals surface area contributed by atoms with Crippen molar-refractivity contribution in [3.63, 3.8) is 0 Å². The van der Waals surface area contributed by atoms with Gasteiger partial charge in [-0.05, 0) is 44.4 Å². The Bertz CT molecular complexity index is 908. The van der Waals surface area contributed by atoms with Crippen molar-refractivity contribution in [2.45, 2.75) is 53.2 Å². The Morgan fingerprint density at radius 1 is 1.27 bits per heavy atom. The Morgan fingerprint density at radius 3 is 2.47 bits per heavy atom. The smallest absolute Gasteiger partial charge is 0.310 e. The van der Waals surface area contributed by atoms with E-state index in [9.17, 15) is 14.9 Å². The molecule has 0 aliphatic carbocycles. The molecule has 1 aromatic carbocycles. The lowest BCUT2D eigenvalue weighted by Gasteiger charge is -2.27. The van der Waals surface area contributed by atoms with Crippen LogP contribution in [0.1, 0.15) is 43.4 Å². The molecule has 1 amide bonds. The van der Waals surface area contributed by atoms with E-state index in [4.69, 9.17) is 14.0 Å². The van der Waals surface area contributed by atoms with Gasteiger partial charge >= 0.3 is 5.97 Å². The van der Waals surface area contributed by atoms with E-state index in [0.717, 1.165) is 22.6 Å². The van der Waals surface area contributed by atoms with Crippen LogP contribution in [0.4, 0.5) is 0 Å². The molecule has 8 heteroatoms. The van der Waals surface area contributed by atoms with Crippen molar-refractivity contribution in [3.05, 3.63) is 46.8 Å². The molecule has 2 aromatic rings. The number of rotatable bonds is 9. The minimum absolute atomic E-state index is 0.0249. The average Bonchev–Trinajstić information content (AvgIpc) is 3.03. The zero-order chi connectivity index (χ0) is 22.3. The molecule has 0 saturated carbocycles. The Morgan fingerprint density at radius 2 is 1.93 bits per heavy atom. The molecule has 0 bridgehead atoms. The van der Waals surface area contributed by atoms with Gasteiger partial charge in [0.25, 0.3) is 5.91 Å². The summed E-state index contributed by atoms with van der Waals surface area (Å²) in [7, 11) is 0. The Hall–Kier alpha value is -3.34. The highest BCUT2D eigenvalue weighted by atomic mass is 16.5. The van der Waals surface area contributed by atoms with Crippen molar-refractivity contribution in [2.75, 3.05) is 6.61 Å². The Balaban J connectivity index is 1.80. The SMILES string of the molecule is Cc1noc(C)c1COc1ccc(CC(=O)OCC(=O)N[C@](C)(C#N)C(C)C)cc1. The van der Waals surface area contributed by atoms with Crippen molar-refractivity contribution >= 4 is 11.9 Å². The molecular formula is C22H27N3O5. The van der Waals surface area contributed by atoms with Crippen LogP contribution in [0.5, 0.6) is 5.75 Å². The minimum Gasteiger partial charge on any atom is -0.489 e. The van der Waals surface area contributed by atoms with Crippen molar-refractivity contribution in [1.82, 2.24) is 10.5 Å². The van der Waals surface area contributed by atoms with E-state index in [0.29, 0.717) is 12.4 Å². The van der Waals surface area contributed by atoms with Gasteiger partial charge in [-0.25, -0.2) is 0 Å². The Labute approximate surface area is 176 Å². The molecule has 0 aliphatic heterocycles. The zero-order valence-corrected chi connectivity index (χ0v) is 17.9. The number of aryl methyl sites for hydroxylation is 2. The van der Waals surface area contributed by atoms with Crippen LogP contribution in [-0.2, 0) is 27.4 Å². The standard InChI is InChI=1S/C22H27N3O5/c1-14(2)22(5,13-23)24-20(26)12-29-21(27)10-17-6-8-18(9-7-17)28-11-19-15(3)25-30-16(19)4/h6-9,14H,10-12H2,1-5H3,(H,24,26)/t22-/m1/s1. The van der Waals surface area contributed by atoms with Crippen LogP contribution in [0, 0.1) is 31.1 Å². The second-order valence-electron chi connectivity index (χ2n) is 7.59. The topological polar surface area (TPSA) is 114 Å². The number of carbonyl (C=O) groups excluding carboxylic acids is 2. The number of ether oxygens (including phenoxy) is 2. The molecule has 1 atom stereocenters.